The molecule has 1 aromatic heterocycles. The van der Waals surface area contributed by atoms with Crippen LogP contribution in [-0.4, -0.2) is 32.3 Å². The average molecular weight is 397 g/mol. The number of aliphatic hydroxyl groups is 1. The Bertz CT molecular complexity index is 969. The number of amides is 1. The van der Waals surface area contributed by atoms with E-state index in [-0.39, 0.29) is 18.3 Å². The summed E-state index contributed by atoms with van der Waals surface area (Å²) in [6.07, 6.45) is 0.379. The lowest BCUT2D eigenvalue weighted by molar-refractivity contribution is 0.0995. The molecule has 0 aliphatic carbocycles. The molecule has 3 rings (SSSR count). The summed E-state index contributed by atoms with van der Waals surface area (Å²) in [6, 6.07) is 13.9. The van der Waals surface area contributed by atoms with Crippen molar-refractivity contribution >= 4 is 11.6 Å². The van der Waals surface area contributed by atoms with E-state index in [1.165, 1.54) is 0 Å². The van der Waals surface area contributed by atoms with Crippen LogP contribution in [0, 0.1) is 0 Å². The highest BCUT2D eigenvalue weighted by Gasteiger charge is 2.17. The lowest BCUT2D eigenvalue weighted by atomic mass is 10.1. The number of hydrogen-bond acceptors (Lipinski definition) is 6. The average Bonchev–Trinajstić information content (AvgIpc) is 3.22. The van der Waals surface area contributed by atoms with Gasteiger partial charge in [0.05, 0.1) is 27.9 Å². The molecule has 0 unspecified atom stereocenters. The minimum Gasteiger partial charge on any atom is -0.496 e. The van der Waals surface area contributed by atoms with Gasteiger partial charge in [0, 0.05) is 29.8 Å². The van der Waals surface area contributed by atoms with Gasteiger partial charge in [-0.1, -0.05) is 12.1 Å². The second kappa shape index (κ2) is 9.16. The fourth-order valence-electron chi connectivity index (χ4n) is 2.96. The molecule has 7 heteroatoms. The summed E-state index contributed by atoms with van der Waals surface area (Å²) in [5, 5.41) is 12.0. The lowest BCUT2D eigenvalue weighted by Crippen LogP contribution is -2.11. The Hall–Kier alpha value is -3.45. The maximum absolute atomic E-state index is 12.5. The topological polar surface area (TPSA) is 90.2 Å². The summed E-state index contributed by atoms with van der Waals surface area (Å²) in [6.45, 7) is -0.0971. The zero-order chi connectivity index (χ0) is 20.8. The molecule has 0 spiro atoms. The largest absolute Gasteiger partial charge is 0.496 e. The predicted octanol–water partition coefficient (Wildman–Crippen LogP) is 3.64. The molecule has 0 atom stereocenters. The zero-order valence-electron chi connectivity index (χ0n) is 16.5. The molecule has 0 aliphatic rings. The van der Waals surface area contributed by atoms with Crippen LogP contribution >= 0.6 is 0 Å². The summed E-state index contributed by atoms with van der Waals surface area (Å²) in [5.74, 6) is 2.21. The Morgan fingerprint density at radius 2 is 1.72 bits per heavy atom. The molecule has 1 amide bonds. The minimum absolute atomic E-state index is 0.0971. The van der Waals surface area contributed by atoms with Crippen LogP contribution < -0.4 is 19.5 Å². The molecule has 0 saturated carbocycles. The van der Waals surface area contributed by atoms with E-state index in [1.807, 2.05) is 0 Å². The monoisotopic (exact) mass is 397 g/mol. The van der Waals surface area contributed by atoms with Crippen molar-refractivity contribution in [2.24, 2.45) is 0 Å². The number of furan rings is 1. The van der Waals surface area contributed by atoms with Crippen LogP contribution in [0.5, 0.6) is 17.2 Å². The van der Waals surface area contributed by atoms with E-state index < -0.39 is 0 Å². The van der Waals surface area contributed by atoms with Gasteiger partial charge in [-0.25, -0.2) is 0 Å². The van der Waals surface area contributed by atoms with Crippen LogP contribution in [0.25, 0.3) is 0 Å². The van der Waals surface area contributed by atoms with Crippen molar-refractivity contribution < 1.29 is 28.5 Å². The number of benzene rings is 2. The first-order valence-corrected chi connectivity index (χ1v) is 8.96. The number of hydrogen-bond donors (Lipinski definition) is 2. The molecule has 0 saturated heterocycles. The minimum atomic E-state index is -0.375. The van der Waals surface area contributed by atoms with Gasteiger partial charge in [0.2, 0.25) is 0 Å². The third kappa shape index (κ3) is 4.70. The molecule has 0 radical (unpaired) electrons. The number of ether oxygens (including phenoxy) is 3. The maximum atomic E-state index is 12.5. The van der Waals surface area contributed by atoms with Crippen LogP contribution in [0.2, 0.25) is 0 Å². The van der Waals surface area contributed by atoms with E-state index in [9.17, 15) is 9.90 Å². The molecule has 152 valence electrons. The number of nitrogens with one attached hydrogen (secondary N) is 1. The predicted molar refractivity (Wildman–Crippen MR) is 108 cm³/mol. The number of anilines is 1. The van der Waals surface area contributed by atoms with E-state index >= 15 is 0 Å². The van der Waals surface area contributed by atoms with Crippen molar-refractivity contribution in [2.75, 3.05) is 26.6 Å². The second-order valence-electron chi connectivity index (χ2n) is 6.27. The third-order valence-corrected chi connectivity index (χ3v) is 4.42. The molecule has 2 aromatic carbocycles. The van der Waals surface area contributed by atoms with Gasteiger partial charge < -0.3 is 29.1 Å². The smallest absolute Gasteiger partial charge is 0.291 e. The van der Waals surface area contributed by atoms with Gasteiger partial charge in [-0.3, -0.25) is 4.79 Å². The Labute approximate surface area is 168 Å². The van der Waals surface area contributed by atoms with E-state index in [1.54, 1.807) is 69.9 Å². The molecular weight excluding hydrogens is 374 g/mol. The van der Waals surface area contributed by atoms with Gasteiger partial charge in [-0.2, -0.15) is 0 Å². The van der Waals surface area contributed by atoms with Crippen LogP contribution in [-0.2, 0) is 13.0 Å². The standard InChI is InChI=1S/C22H23NO6/c1-26-17-11-20(27-2)18(21(12-17)28-3)10-16-7-8-19(29-16)22(25)23-15-6-4-5-14(9-15)13-24/h4-9,11-12,24H,10,13H2,1-3H3,(H,23,25). The molecule has 29 heavy (non-hydrogen) atoms. The normalized spacial score (nSPS) is 10.5. The van der Waals surface area contributed by atoms with Gasteiger partial charge in [0.1, 0.15) is 23.0 Å². The van der Waals surface area contributed by atoms with Crippen molar-refractivity contribution in [1.82, 2.24) is 0 Å². The molecule has 7 nitrogen and oxygen atoms in total. The van der Waals surface area contributed by atoms with Crippen molar-refractivity contribution in [3.8, 4) is 17.2 Å². The molecule has 1 heterocycles. The van der Waals surface area contributed by atoms with Crippen molar-refractivity contribution in [3.05, 3.63) is 71.2 Å². The van der Waals surface area contributed by atoms with Gasteiger partial charge in [0.25, 0.3) is 5.91 Å². The summed E-state index contributed by atoms with van der Waals surface area (Å²) >= 11 is 0. The third-order valence-electron chi connectivity index (χ3n) is 4.42. The molecule has 0 fully saturated rings. The highest BCUT2D eigenvalue weighted by atomic mass is 16.5. The SMILES string of the molecule is COc1cc(OC)c(Cc2ccc(C(=O)Nc3cccc(CO)c3)o2)c(OC)c1. The van der Waals surface area contributed by atoms with E-state index in [4.69, 9.17) is 18.6 Å². The first-order valence-electron chi connectivity index (χ1n) is 8.96. The number of carbonyl (C=O) groups is 1. The molecular formula is C22H23NO6. The Morgan fingerprint density at radius 3 is 2.34 bits per heavy atom. The summed E-state index contributed by atoms with van der Waals surface area (Å²) in [5.41, 5.74) is 2.08. The van der Waals surface area contributed by atoms with Crippen molar-refractivity contribution in [1.29, 1.82) is 0 Å². The first kappa shape index (κ1) is 20.3. The van der Waals surface area contributed by atoms with Crippen LogP contribution in [0.3, 0.4) is 0 Å². The second-order valence-corrected chi connectivity index (χ2v) is 6.27. The lowest BCUT2D eigenvalue weighted by Gasteiger charge is -2.14. The number of carbonyl (C=O) groups excluding carboxylic acids is 1. The van der Waals surface area contributed by atoms with Gasteiger partial charge in [-0.15, -0.1) is 0 Å². The Kier molecular flexibility index (Phi) is 6.41. The Balaban J connectivity index is 1.79. The van der Waals surface area contributed by atoms with E-state index in [0.29, 0.717) is 40.7 Å². The molecule has 3 aromatic rings. The highest BCUT2D eigenvalue weighted by Crippen LogP contribution is 2.35. The van der Waals surface area contributed by atoms with Gasteiger partial charge in [0.15, 0.2) is 5.76 Å². The summed E-state index contributed by atoms with van der Waals surface area (Å²) in [4.78, 5) is 12.5. The van der Waals surface area contributed by atoms with E-state index in [0.717, 1.165) is 5.56 Å². The van der Waals surface area contributed by atoms with Crippen LogP contribution in [0.15, 0.2) is 52.9 Å². The fraction of sp³-hybridized carbons (Fsp3) is 0.227. The molecule has 0 aliphatic heterocycles. The van der Waals surface area contributed by atoms with Crippen LogP contribution in [0.4, 0.5) is 5.69 Å². The summed E-state index contributed by atoms with van der Waals surface area (Å²) in [7, 11) is 4.71. The molecule has 0 bridgehead atoms. The first-order chi connectivity index (χ1) is 14.1. The number of methoxy groups -OCH3 is 3. The van der Waals surface area contributed by atoms with Gasteiger partial charge >= 0.3 is 0 Å². The van der Waals surface area contributed by atoms with Crippen molar-refractivity contribution in [2.45, 2.75) is 13.0 Å². The number of aliphatic hydroxyl groups excluding tert-OH is 1. The van der Waals surface area contributed by atoms with Gasteiger partial charge in [-0.05, 0) is 29.8 Å². The maximum Gasteiger partial charge on any atom is 0.291 e. The summed E-state index contributed by atoms with van der Waals surface area (Å²) < 4.78 is 21.9. The van der Waals surface area contributed by atoms with Crippen molar-refractivity contribution in [3.63, 3.8) is 0 Å². The van der Waals surface area contributed by atoms with Crippen LogP contribution in [0.1, 0.15) is 27.4 Å². The highest BCUT2D eigenvalue weighted by molar-refractivity contribution is 6.02. The Morgan fingerprint density at radius 1 is 1.00 bits per heavy atom. The molecule has 2 N–H and O–H groups in total. The quantitative estimate of drug-likeness (QED) is 0.603. The fourth-order valence-corrected chi connectivity index (χ4v) is 2.96. The zero-order valence-corrected chi connectivity index (χ0v) is 16.5. The van der Waals surface area contributed by atoms with E-state index in [2.05, 4.69) is 5.32 Å². The number of rotatable bonds is 8.